The number of carbonyl (C=O) groups excluding carboxylic acids is 1. The lowest BCUT2D eigenvalue weighted by atomic mass is 9.70. The molecule has 0 aromatic heterocycles. The third-order valence-electron chi connectivity index (χ3n) is 8.62. The van der Waals surface area contributed by atoms with Crippen molar-refractivity contribution >= 4 is 17.3 Å². The highest BCUT2D eigenvalue weighted by molar-refractivity contribution is 6.09. The second-order valence-electron chi connectivity index (χ2n) is 10.4. The fourth-order valence-electron chi connectivity index (χ4n) is 6.58. The van der Waals surface area contributed by atoms with Crippen molar-refractivity contribution in [2.75, 3.05) is 20.3 Å². The van der Waals surface area contributed by atoms with Crippen molar-refractivity contribution < 1.29 is 44.2 Å². The number of aliphatic imine (C=N–C) groups is 1. The molecule has 0 spiro atoms. The van der Waals surface area contributed by atoms with Gasteiger partial charge in [-0.05, 0) is 12.5 Å². The van der Waals surface area contributed by atoms with Crippen LogP contribution in [0.5, 0.6) is 0 Å². The number of piperidine rings is 2. The fourth-order valence-corrected chi connectivity index (χ4v) is 6.58. The summed E-state index contributed by atoms with van der Waals surface area (Å²) in [5.74, 6) is -0.978. The van der Waals surface area contributed by atoms with Gasteiger partial charge in [0, 0.05) is 37.5 Å². The van der Waals surface area contributed by atoms with Crippen LogP contribution in [0.25, 0.3) is 0 Å². The molecule has 1 amide bonds. The maximum Gasteiger partial charge on any atom is 0.253 e. The highest BCUT2D eigenvalue weighted by Crippen LogP contribution is 2.51. The van der Waals surface area contributed by atoms with Crippen LogP contribution in [0.4, 0.5) is 5.69 Å². The fraction of sp³-hybridized carbons (Fsp3) is 0.556. The molecule has 204 valence electrons. The maximum absolute atomic E-state index is 13.7. The summed E-state index contributed by atoms with van der Waals surface area (Å²) in [6.45, 7) is 3.87. The number of para-hydroxylation sites is 1. The van der Waals surface area contributed by atoms with Crippen molar-refractivity contribution in [3.8, 4) is 0 Å². The highest BCUT2D eigenvalue weighted by atomic mass is 16.8. The summed E-state index contributed by atoms with van der Waals surface area (Å²) in [4.78, 5) is 20.4. The van der Waals surface area contributed by atoms with Crippen LogP contribution in [-0.2, 0) is 29.3 Å². The second kappa shape index (κ2) is 9.53. The lowest BCUT2D eigenvalue weighted by Gasteiger charge is -2.51. The van der Waals surface area contributed by atoms with Gasteiger partial charge in [-0.1, -0.05) is 24.3 Å². The van der Waals surface area contributed by atoms with E-state index in [2.05, 4.69) is 6.58 Å². The molecule has 5 heterocycles. The molecule has 1 aromatic carbocycles. The van der Waals surface area contributed by atoms with Crippen LogP contribution in [0, 0.1) is 11.8 Å². The van der Waals surface area contributed by atoms with E-state index in [-0.39, 0.29) is 17.9 Å². The third kappa shape index (κ3) is 3.61. The first-order valence-corrected chi connectivity index (χ1v) is 12.8. The Morgan fingerprint density at radius 3 is 2.74 bits per heavy atom. The van der Waals surface area contributed by atoms with E-state index in [4.69, 9.17) is 23.9 Å². The largest absolute Gasteiger partial charge is 0.471 e. The molecular formula is C27H32N2O9. The average Bonchev–Trinajstić information content (AvgIpc) is 3.28. The summed E-state index contributed by atoms with van der Waals surface area (Å²) in [5, 5.41) is 40.2. The predicted molar refractivity (Wildman–Crippen MR) is 132 cm³/mol. The molecule has 0 bridgehead atoms. The molecule has 0 radical (unpaired) electrons. The standard InChI is InChI=1S/C27H32N2O9/c1-3-13-14-10-18-23-27(35-2,16-6-4-5-7-17(16)28-23)8-9-29(18)24(34)15(14)12-36-25(13)38-26-22(33)21(32)20(31)19(11-30)37-26/h3-7,12-14,18-22,25-26,30-33H,1,8-11H2,2H3/t13-,14+,18+,19-,20-,21+,22-,25+,26+,27+/m1/s1. The van der Waals surface area contributed by atoms with Crippen LogP contribution in [0.3, 0.4) is 0 Å². The lowest BCUT2D eigenvalue weighted by Crippen LogP contribution is -2.63. The van der Waals surface area contributed by atoms with Crippen molar-refractivity contribution in [3.63, 3.8) is 0 Å². The van der Waals surface area contributed by atoms with Crippen LogP contribution >= 0.6 is 0 Å². The van der Waals surface area contributed by atoms with E-state index < -0.39 is 55.1 Å². The van der Waals surface area contributed by atoms with Gasteiger partial charge in [-0.3, -0.25) is 9.79 Å². The summed E-state index contributed by atoms with van der Waals surface area (Å²) in [6.07, 6.45) is -4.01. The Morgan fingerprint density at radius 2 is 2.00 bits per heavy atom. The number of ether oxygens (including phenoxy) is 4. The second-order valence-corrected chi connectivity index (χ2v) is 10.4. The van der Waals surface area contributed by atoms with Crippen molar-refractivity contribution in [2.45, 2.75) is 61.5 Å². The molecule has 10 atom stereocenters. The summed E-state index contributed by atoms with van der Waals surface area (Å²) < 4.78 is 23.4. The van der Waals surface area contributed by atoms with E-state index in [0.29, 0.717) is 25.0 Å². The van der Waals surface area contributed by atoms with Gasteiger partial charge in [0.1, 0.15) is 30.0 Å². The molecule has 3 fully saturated rings. The summed E-state index contributed by atoms with van der Waals surface area (Å²) >= 11 is 0. The Bertz CT molecular complexity index is 1180. The van der Waals surface area contributed by atoms with E-state index >= 15 is 0 Å². The first-order chi connectivity index (χ1) is 18.3. The van der Waals surface area contributed by atoms with Gasteiger partial charge in [0.15, 0.2) is 6.29 Å². The predicted octanol–water partition coefficient (Wildman–Crippen LogP) is 0.0941. The van der Waals surface area contributed by atoms with Gasteiger partial charge < -0.3 is 44.3 Å². The van der Waals surface area contributed by atoms with E-state index in [1.165, 1.54) is 6.26 Å². The number of carbonyl (C=O) groups is 1. The van der Waals surface area contributed by atoms with Gasteiger partial charge in [0.05, 0.1) is 35.9 Å². The smallest absolute Gasteiger partial charge is 0.253 e. The van der Waals surface area contributed by atoms with Crippen molar-refractivity contribution in [3.05, 3.63) is 54.3 Å². The normalized spacial score (nSPS) is 41.7. The topological polar surface area (TPSA) is 151 Å². The Balaban J connectivity index is 1.29. The number of nitrogens with zero attached hydrogens (tertiary/aromatic N) is 2. The Morgan fingerprint density at radius 1 is 1.21 bits per heavy atom. The molecule has 0 unspecified atom stereocenters. The zero-order valence-electron chi connectivity index (χ0n) is 20.9. The summed E-state index contributed by atoms with van der Waals surface area (Å²) in [7, 11) is 1.68. The molecule has 0 aliphatic carbocycles. The van der Waals surface area contributed by atoms with Crippen LogP contribution in [0.2, 0.25) is 0 Å². The molecule has 11 heteroatoms. The number of fused-ring (bicyclic) bond motifs is 6. The number of aliphatic hydroxyl groups excluding tert-OH is 4. The number of amides is 1. The van der Waals surface area contributed by atoms with Crippen LogP contribution in [0.15, 0.2) is 53.7 Å². The minimum atomic E-state index is -1.58. The summed E-state index contributed by atoms with van der Waals surface area (Å²) in [6, 6.07) is 7.56. The van der Waals surface area contributed by atoms with Crippen LogP contribution < -0.4 is 0 Å². The first-order valence-electron chi connectivity index (χ1n) is 12.8. The molecule has 11 nitrogen and oxygen atoms in total. The Kier molecular flexibility index (Phi) is 6.42. The van der Waals surface area contributed by atoms with E-state index in [9.17, 15) is 25.2 Å². The third-order valence-corrected chi connectivity index (χ3v) is 8.62. The number of methoxy groups -OCH3 is 1. The van der Waals surface area contributed by atoms with Gasteiger partial charge in [-0.2, -0.15) is 0 Å². The molecule has 4 N–H and O–H groups in total. The van der Waals surface area contributed by atoms with Crippen molar-refractivity contribution in [1.29, 1.82) is 0 Å². The molecule has 38 heavy (non-hydrogen) atoms. The molecule has 3 saturated heterocycles. The first kappa shape index (κ1) is 25.6. The van der Waals surface area contributed by atoms with Crippen molar-refractivity contribution in [1.82, 2.24) is 4.90 Å². The van der Waals surface area contributed by atoms with Gasteiger partial charge >= 0.3 is 0 Å². The molecule has 5 aliphatic heterocycles. The minimum Gasteiger partial charge on any atom is -0.471 e. The minimum absolute atomic E-state index is 0.146. The van der Waals surface area contributed by atoms with Crippen molar-refractivity contribution in [2.24, 2.45) is 16.8 Å². The number of rotatable bonds is 5. The number of benzene rings is 1. The van der Waals surface area contributed by atoms with Gasteiger partial charge in [-0.25, -0.2) is 0 Å². The quantitative estimate of drug-likeness (QED) is 0.390. The van der Waals surface area contributed by atoms with E-state index in [1.54, 1.807) is 13.2 Å². The maximum atomic E-state index is 13.7. The number of aliphatic hydroxyl groups is 4. The van der Waals surface area contributed by atoms with E-state index in [1.807, 2.05) is 29.2 Å². The average molecular weight is 529 g/mol. The molecule has 5 aliphatic rings. The van der Waals surface area contributed by atoms with Crippen LogP contribution in [-0.4, -0.2) is 100 Å². The molecule has 6 rings (SSSR count). The highest BCUT2D eigenvalue weighted by Gasteiger charge is 2.57. The zero-order chi connectivity index (χ0) is 26.8. The Hall–Kier alpha value is -2.64. The zero-order valence-corrected chi connectivity index (χ0v) is 20.9. The Labute approximate surface area is 219 Å². The SMILES string of the molecule is C=C[C@H]1[C@H](O[C@@H]2O[C@H](CO)[C@@H](O)[C@H](O)[C@H]2O)OC=C2C(=O)N3CC[C@@]4(OC)C(=Nc5ccccc54)[C@@H]3C[C@H]21. The molecule has 0 saturated carbocycles. The van der Waals surface area contributed by atoms with Gasteiger partial charge in [0.2, 0.25) is 6.29 Å². The lowest BCUT2D eigenvalue weighted by molar-refractivity contribution is -0.339. The molecular weight excluding hydrogens is 496 g/mol. The summed E-state index contributed by atoms with van der Waals surface area (Å²) in [5.41, 5.74) is 2.46. The van der Waals surface area contributed by atoms with Gasteiger partial charge in [0.25, 0.3) is 5.91 Å². The number of hydrogen-bond acceptors (Lipinski definition) is 10. The monoisotopic (exact) mass is 528 g/mol. The van der Waals surface area contributed by atoms with Gasteiger partial charge in [-0.15, -0.1) is 6.58 Å². The molecule has 1 aromatic rings. The van der Waals surface area contributed by atoms with Crippen LogP contribution in [0.1, 0.15) is 18.4 Å². The number of hydrogen-bond donors (Lipinski definition) is 4. The van der Waals surface area contributed by atoms with E-state index in [0.717, 1.165) is 17.0 Å².